The van der Waals surface area contributed by atoms with E-state index >= 15 is 0 Å². The molecule has 0 saturated carbocycles. The first-order valence-electron chi connectivity index (χ1n) is 6.47. The van der Waals surface area contributed by atoms with Gasteiger partial charge in [-0.3, -0.25) is 4.79 Å². The van der Waals surface area contributed by atoms with Gasteiger partial charge in [-0.1, -0.05) is 6.07 Å². The van der Waals surface area contributed by atoms with Crippen LogP contribution >= 0.6 is 27.3 Å². The smallest absolute Gasteiger partial charge is 0.331 e. The molecule has 0 aliphatic carbocycles. The molecule has 1 aromatic carbocycles. The molecular weight excluding hydrogens is 380 g/mol. The first-order valence-corrected chi connectivity index (χ1v) is 8.08. The number of ether oxygens (including phenoxy) is 1. The molecule has 1 amide bonds. The summed E-state index contributed by atoms with van der Waals surface area (Å²) in [5, 5.41) is 11.3. The highest BCUT2D eigenvalue weighted by atomic mass is 79.9. The summed E-state index contributed by atoms with van der Waals surface area (Å²) in [4.78, 5) is 24.1. The van der Waals surface area contributed by atoms with Gasteiger partial charge in [0.1, 0.15) is 0 Å². The SMILES string of the molecule is N#Cc1cccc(NC(=O)COC(=O)/C=C/c2ccc(Br)s2)c1. The van der Waals surface area contributed by atoms with Crippen LogP contribution in [0.4, 0.5) is 5.69 Å². The normalized spacial score (nSPS) is 10.3. The van der Waals surface area contributed by atoms with Crippen molar-refractivity contribution in [3.63, 3.8) is 0 Å². The monoisotopic (exact) mass is 390 g/mol. The molecule has 0 fully saturated rings. The Balaban J connectivity index is 1.80. The fourth-order valence-corrected chi connectivity index (χ4v) is 2.94. The fraction of sp³-hybridized carbons (Fsp3) is 0.0625. The van der Waals surface area contributed by atoms with Crippen molar-refractivity contribution in [2.24, 2.45) is 0 Å². The number of halogens is 1. The lowest BCUT2D eigenvalue weighted by molar-refractivity contribution is -0.142. The van der Waals surface area contributed by atoms with Crippen LogP contribution in [0.15, 0.2) is 46.3 Å². The number of benzene rings is 1. The number of anilines is 1. The number of nitriles is 1. The largest absolute Gasteiger partial charge is 0.452 e. The number of esters is 1. The maximum atomic E-state index is 11.7. The molecule has 0 bridgehead atoms. The fourth-order valence-electron chi connectivity index (χ4n) is 1.62. The Morgan fingerprint density at radius 1 is 1.35 bits per heavy atom. The van der Waals surface area contributed by atoms with E-state index in [9.17, 15) is 9.59 Å². The number of rotatable bonds is 5. The van der Waals surface area contributed by atoms with E-state index in [1.165, 1.54) is 23.5 Å². The van der Waals surface area contributed by atoms with Crippen molar-refractivity contribution in [1.29, 1.82) is 5.26 Å². The highest BCUT2D eigenvalue weighted by molar-refractivity contribution is 9.11. The zero-order chi connectivity index (χ0) is 16.7. The molecule has 1 heterocycles. The minimum absolute atomic E-state index is 0.395. The lowest BCUT2D eigenvalue weighted by Gasteiger charge is -2.05. The second-order valence-electron chi connectivity index (χ2n) is 4.32. The summed E-state index contributed by atoms with van der Waals surface area (Å²) in [6.45, 7) is -0.395. The molecule has 5 nitrogen and oxygen atoms in total. The van der Waals surface area contributed by atoms with Gasteiger partial charge in [-0.05, 0) is 52.3 Å². The minimum Gasteiger partial charge on any atom is -0.452 e. The van der Waals surface area contributed by atoms with Crippen molar-refractivity contribution in [2.45, 2.75) is 0 Å². The van der Waals surface area contributed by atoms with Gasteiger partial charge >= 0.3 is 5.97 Å². The average Bonchev–Trinajstić information content (AvgIpc) is 2.96. The van der Waals surface area contributed by atoms with Gasteiger partial charge in [-0.15, -0.1) is 11.3 Å². The Hall–Kier alpha value is -2.43. The minimum atomic E-state index is -0.601. The quantitative estimate of drug-likeness (QED) is 0.624. The van der Waals surface area contributed by atoms with Crippen LogP contribution in [0, 0.1) is 11.3 Å². The van der Waals surface area contributed by atoms with Crippen LogP contribution in [-0.2, 0) is 14.3 Å². The van der Waals surface area contributed by atoms with Gasteiger partial charge in [0.15, 0.2) is 6.61 Å². The molecule has 0 spiro atoms. The number of hydrogen-bond acceptors (Lipinski definition) is 5. The van der Waals surface area contributed by atoms with E-state index < -0.39 is 18.5 Å². The number of thiophene rings is 1. The molecule has 0 unspecified atom stereocenters. The van der Waals surface area contributed by atoms with Crippen LogP contribution in [-0.4, -0.2) is 18.5 Å². The molecule has 0 atom stereocenters. The zero-order valence-corrected chi connectivity index (χ0v) is 14.2. The summed E-state index contributed by atoms with van der Waals surface area (Å²) in [5.74, 6) is -1.07. The van der Waals surface area contributed by atoms with Crippen molar-refractivity contribution in [3.05, 3.63) is 56.7 Å². The van der Waals surface area contributed by atoms with Crippen LogP contribution in [0.25, 0.3) is 6.08 Å². The molecule has 1 N–H and O–H groups in total. The van der Waals surface area contributed by atoms with Crippen molar-refractivity contribution in [1.82, 2.24) is 0 Å². The van der Waals surface area contributed by atoms with E-state index in [2.05, 4.69) is 21.2 Å². The number of hydrogen-bond donors (Lipinski definition) is 1. The predicted molar refractivity (Wildman–Crippen MR) is 91.8 cm³/mol. The van der Waals surface area contributed by atoms with Crippen LogP contribution in [0.2, 0.25) is 0 Å². The highest BCUT2D eigenvalue weighted by Crippen LogP contribution is 2.22. The van der Waals surface area contributed by atoms with E-state index in [0.717, 1.165) is 8.66 Å². The summed E-state index contributed by atoms with van der Waals surface area (Å²) < 4.78 is 5.81. The maximum Gasteiger partial charge on any atom is 0.331 e. The van der Waals surface area contributed by atoms with Crippen LogP contribution in [0.3, 0.4) is 0 Å². The summed E-state index contributed by atoms with van der Waals surface area (Å²) >= 11 is 4.80. The van der Waals surface area contributed by atoms with Crippen molar-refractivity contribution < 1.29 is 14.3 Å². The second-order valence-corrected chi connectivity index (χ2v) is 6.82. The first-order chi connectivity index (χ1) is 11.1. The lowest BCUT2D eigenvalue weighted by Crippen LogP contribution is -2.20. The number of nitrogens with one attached hydrogen (secondary N) is 1. The topological polar surface area (TPSA) is 79.2 Å². The van der Waals surface area contributed by atoms with Crippen molar-refractivity contribution >= 4 is 50.9 Å². The van der Waals surface area contributed by atoms with Gasteiger partial charge in [0.05, 0.1) is 15.4 Å². The molecule has 0 saturated heterocycles. The van der Waals surface area contributed by atoms with Crippen LogP contribution in [0.5, 0.6) is 0 Å². The van der Waals surface area contributed by atoms with Gasteiger partial charge in [0.25, 0.3) is 5.91 Å². The standard InChI is InChI=1S/C16H11BrN2O3S/c17-14-6-4-13(23-14)5-7-16(21)22-10-15(20)19-12-3-1-2-11(8-12)9-18/h1-8H,10H2,(H,19,20)/b7-5+. The number of nitrogens with zero attached hydrogens (tertiary/aromatic N) is 1. The third-order valence-electron chi connectivity index (χ3n) is 2.60. The molecule has 0 radical (unpaired) electrons. The molecule has 7 heteroatoms. The number of carbonyl (C=O) groups is 2. The molecule has 116 valence electrons. The Bertz CT molecular complexity index is 793. The van der Waals surface area contributed by atoms with Gasteiger partial charge in [-0.25, -0.2) is 4.79 Å². The molecule has 2 aromatic rings. The average molecular weight is 391 g/mol. The van der Waals surface area contributed by atoms with E-state index in [4.69, 9.17) is 10.00 Å². The Morgan fingerprint density at radius 2 is 2.17 bits per heavy atom. The van der Waals surface area contributed by atoms with Crippen LogP contribution in [0.1, 0.15) is 10.4 Å². The van der Waals surface area contributed by atoms with E-state index in [-0.39, 0.29) is 0 Å². The van der Waals surface area contributed by atoms with Gasteiger partial charge in [0.2, 0.25) is 0 Å². The molecule has 0 aliphatic rings. The summed E-state index contributed by atoms with van der Waals surface area (Å²) in [7, 11) is 0. The van der Waals surface area contributed by atoms with Gasteiger partial charge < -0.3 is 10.1 Å². The van der Waals surface area contributed by atoms with Crippen LogP contribution < -0.4 is 5.32 Å². The molecule has 1 aromatic heterocycles. The number of amides is 1. The molecule has 23 heavy (non-hydrogen) atoms. The second kappa shape index (κ2) is 8.27. The van der Waals surface area contributed by atoms with E-state index in [0.29, 0.717) is 11.3 Å². The number of carbonyl (C=O) groups excluding carboxylic acids is 2. The Morgan fingerprint density at radius 3 is 2.87 bits per heavy atom. The highest BCUT2D eigenvalue weighted by Gasteiger charge is 2.06. The Kier molecular flexibility index (Phi) is 6.09. The Labute approximate surface area is 145 Å². The summed E-state index contributed by atoms with van der Waals surface area (Å²) in [6.07, 6.45) is 2.88. The van der Waals surface area contributed by atoms with Gasteiger partial charge in [-0.2, -0.15) is 5.26 Å². The van der Waals surface area contributed by atoms with E-state index in [1.807, 2.05) is 18.2 Å². The lowest BCUT2D eigenvalue weighted by atomic mass is 10.2. The summed E-state index contributed by atoms with van der Waals surface area (Å²) in [6, 6.07) is 12.2. The third-order valence-corrected chi connectivity index (χ3v) is 4.19. The van der Waals surface area contributed by atoms with Crippen molar-refractivity contribution in [2.75, 3.05) is 11.9 Å². The van der Waals surface area contributed by atoms with Gasteiger partial charge in [0, 0.05) is 16.6 Å². The first kappa shape index (κ1) is 16.9. The predicted octanol–water partition coefficient (Wildman–Crippen LogP) is 3.58. The molecule has 0 aliphatic heterocycles. The van der Waals surface area contributed by atoms with E-state index in [1.54, 1.807) is 24.3 Å². The van der Waals surface area contributed by atoms with Crippen molar-refractivity contribution in [3.8, 4) is 6.07 Å². The molecule has 2 rings (SSSR count). The zero-order valence-electron chi connectivity index (χ0n) is 11.8. The maximum absolute atomic E-state index is 11.7. The summed E-state index contributed by atoms with van der Waals surface area (Å²) in [5.41, 5.74) is 0.911. The molecular formula is C16H11BrN2O3S. The third kappa shape index (κ3) is 5.70.